The second-order valence-corrected chi connectivity index (χ2v) is 7.31. The number of rotatable bonds is 3. The molecule has 0 saturated carbocycles. The Hall–Kier alpha value is -2.57. The van der Waals surface area contributed by atoms with Crippen LogP contribution in [0.3, 0.4) is 0 Å². The Balaban J connectivity index is 1.77. The Morgan fingerprint density at radius 2 is 1.56 bits per heavy atom. The van der Waals surface area contributed by atoms with Crippen LogP contribution in [0, 0.1) is 13.8 Å². The molecule has 1 aromatic heterocycles. The number of carbonyl (C=O) groups is 2. The molecule has 2 N–H and O–H groups in total. The van der Waals surface area contributed by atoms with Gasteiger partial charge >= 0.3 is 0 Å². The van der Waals surface area contributed by atoms with Gasteiger partial charge in [-0.15, -0.1) is 0 Å². The first-order valence-electron chi connectivity index (χ1n) is 8.18. The van der Waals surface area contributed by atoms with Crippen LogP contribution in [0.5, 0.6) is 0 Å². The molecular formula is C20H17BrClN3O2. The van der Waals surface area contributed by atoms with E-state index in [4.69, 9.17) is 11.6 Å². The second-order valence-electron chi connectivity index (χ2n) is 5.99. The van der Waals surface area contributed by atoms with E-state index in [1.807, 2.05) is 48.7 Å². The predicted molar refractivity (Wildman–Crippen MR) is 109 cm³/mol. The lowest BCUT2D eigenvalue weighted by Gasteiger charge is -2.11. The van der Waals surface area contributed by atoms with E-state index in [0.717, 1.165) is 21.5 Å². The number of carbonyl (C=O) groups excluding carboxylic acids is 2. The van der Waals surface area contributed by atoms with Crippen molar-refractivity contribution in [3.05, 3.63) is 86.6 Å². The normalized spacial score (nSPS) is 10.5. The van der Waals surface area contributed by atoms with Gasteiger partial charge in [-0.1, -0.05) is 45.7 Å². The summed E-state index contributed by atoms with van der Waals surface area (Å²) in [5, 5.41) is 0.298. The highest BCUT2D eigenvalue weighted by molar-refractivity contribution is 9.10. The predicted octanol–water partition coefficient (Wildman–Crippen LogP) is 4.58. The molecule has 0 fully saturated rings. The van der Waals surface area contributed by atoms with Crippen LogP contribution in [0.1, 0.15) is 32.1 Å². The molecule has 0 spiro atoms. The van der Waals surface area contributed by atoms with Gasteiger partial charge in [0.15, 0.2) is 0 Å². The van der Waals surface area contributed by atoms with Crippen LogP contribution in [-0.4, -0.2) is 16.4 Å². The molecule has 0 aliphatic carbocycles. The van der Waals surface area contributed by atoms with Crippen LogP contribution in [0.4, 0.5) is 0 Å². The van der Waals surface area contributed by atoms with E-state index in [9.17, 15) is 9.59 Å². The number of hydrogen-bond acceptors (Lipinski definition) is 2. The summed E-state index contributed by atoms with van der Waals surface area (Å²) in [4.78, 5) is 24.9. The Bertz CT molecular complexity index is 1020. The molecule has 0 saturated heterocycles. The van der Waals surface area contributed by atoms with Gasteiger partial charge in [0.2, 0.25) is 0 Å². The number of aromatic nitrogens is 1. The number of para-hydroxylation sites is 1. The molecule has 3 aromatic rings. The molecule has 1 heterocycles. The number of nitrogens with zero attached hydrogens (tertiary/aromatic N) is 1. The van der Waals surface area contributed by atoms with Crippen molar-refractivity contribution in [1.29, 1.82) is 0 Å². The first-order valence-corrected chi connectivity index (χ1v) is 9.35. The third-order valence-corrected chi connectivity index (χ3v) is 4.98. The van der Waals surface area contributed by atoms with Gasteiger partial charge in [0.1, 0.15) is 0 Å². The van der Waals surface area contributed by atoms with E-state index in [0.29, 0.717) is 10.6 Å². The molecule has 0 radical (unpaired) electrons. The quantitative estimate of drug-likeness (QED) is 0.578. The number of aryl methyl sites for hydroxylation is 1. The molecule has 0 aliphatic rings. The fourth-order valence-electron chi connectivity index (χ4n) is 2.89. The van der Waals surface area contributed by atoms with Crippen molar-refractivity contribution in [3.63, 3.8) is 0 Å². The average molecular weight is 447 g/mol. The van der Waals surface area contributed by atoms with Gasteiger partial charge in [0, 0.05) is 21.5 Å². The molecule has 2 amide bonds. The number of nitrogens with one attached hydrogen (secondary N) is 2. The third-order valence-electron chi connectivity index (χ3n) is 4.15. The summed E-state index contributed by atoms with van der Waals surface area (Å²) in [5.41, 5.74) is 8.28. The number of benzene rings is 2. The summed E-state index contributed by atoms with van der Waals surface area (Å²) in [6.07, 6.45) is 0. The number of hydrazine groups is 1. The third kappa shape index (κ3) is 4.07. The van der Waals surface area contributed by atoms with Crippen LogP contribution in [0.15, 0.2) is 59.1 Å². The van der Waals surface area contributed by atoms with Crippen molar-refractivity contribution in [2.24, 2.45) is 0 Å². The fourth-order valence-corrected chi connectivity index (χ4v) is 3.45. The molecule has 0 unspecified atom stereocenters. The Kier molecular flexibility index (Phi) is 5.68. The van der Waals surface area contributed by atoms with Crippen molar-refractivity contribution in [2.45, 2.75) is 13.8 Å². The highest BCUT2D eigenvalue weighted by atomic mass is 79.9. The van der Waals surface area contributed by atoms with Gasteiger partial charge in [0.05, 0.1) is 16.1 Å². The lowest BCUT2D eigenvalue weighted by molar-refractivity contribution is 0.0846. The summed E-state index contributed by atoms with van der Waals surface area (Å²) in [6, 6.07) is 16.5. The van der Waals surface area contributed by atoms with Crippen LogP contribution < -0.4 is 10.9 Å². The van der Waals surface area contributed by atoms with Gasteiger partial charge in [-0.3, -0.25) is 20.4 Å². The van der Waals surface area contributed by atoms with Gasteiger partial charge in [-0.2, -0.15) is 0 Å². The highest BCUT2D eigenvalue weighted by Crippen LogP contribution is 2.22. The molecule has 0 bridgehead atoms. The number of halogens is 2. The first-order chi connectivity index (χ1) is 12.9. The zero-order valence-corrected chi connectivity index (χ0v) is 17.1. The van der Waals surface area contributed by atoms with Crippen LogP contribution in [-0.2, 0) is 0 Å². The minimum absolute atomic E-state index is 0.265. The maximum atomic E-state index is 12.6. The average Bonchev–Trinajstić information content (AvgIpc) is 2.96. The molecule has 0 aliphatic heterocycles. The zero-order valence-electron chi connectivity index (χ0n) is 14.7. The van der Waals surface area contributed by atoms with E-state index < -0.39 is 11.8 Å². The van der Waals surface area contributed by atoms with E-state index in [1.54, 1.807) is 24.3 Å². The standard InChI is InChI=1S/C20H17BrClN3O2/c1-12-10-16(13(2)25(12)15-6-4-3-5-7-15)19(26)23-24-20(27)17-11-14(21)8-9-18(17)22/h3-11H,1-2H3,(H,23,26)(H,24,27). The molecule has 2 aromatic carbocycles. The number of amides is 2. The highest BCUT2D eigenvalue weighted by Gasteiger charge is 2.18. The van der Waals surface area contributed by atoms with Crippen molar-refractivity contribution in [3.8, 4) is 5.69 Å². The minimum Gasteiger partial charge on any atom is -0.318 e. The van der Waals surface area contributed by atoms with Gasteiger partial charge in [0.25, 0.3) is 11.8 Å². The molecule has 3 rings (SSSR count). The van der Waals surface area contributed by atoms with Crippen LogP contribution in [0.2, 0.25) is 5.02 Å². The Morgan fingerprint density at radius 1 is 0.926 bits per heavy atom. The maximum absolute atomic E-state index is 12.6. The molecular weight excluding hydrogens is 430 g/mol. The van der Waals surface area contributed by atoms with Crippen LogP contribution >= 0.6 is 27.5 Å². The van der Waals surface area contributed by atoms with E-state index in [1.165, 1.54) is 0 Å². The minimum atomic E-state index is -0.494. The first kappa shape index (κ1) is 19.2. The topological polar surface area (TPSA) is 63.1 Å². The largest absolute Gasteiger partial charge is 0.318 e. The summed E-state index contributed by atoms with van der Waals surface area (Å²) < 4.78 is 2.71. The van der Waals surface area contributed by atoms with Crippen molar-refractivity contribution in [1.82, 2.24) is 15.4 Å². The molecule has 0 atom stereocenters. The summed E-state index contributed by atoms with van der Waals surface area (Å²) in [5.74, 6) is -0.892. The van der Waals surface area contributed by atoms with Crippen molar-refractivity contribution >= 4 is 39.3 Å². The van der Waals surface area contributed by atoms with Crippen molar-refractivity contribution in [2.75, 3.05) is 0 Å². The lowest BCUT2D eigenvalue weighted by atomic mass is 10.2. The summed E-state index contributed by atoms with van der Waals surface area (Å²) in [7, 11) is 0. The Labute approximate surface area is 170 Å². The van der Waals surface area contributed by atoms with E-state index >= 15 is 0 Å². The van der Waals surface area contributed by atoms with E-state index in [-0.39, 0.29) is 5.56 Å². The lowest BCUT2D eigenvalue weighted by Crippen LogP contribution is -2.41. The second kappa shape index (κ2) is 7.98. The molecule has 27 heavy (non-hydrogen) atoms. The fraction of sp³-hybridized carbons (Fsp3) is 0.100. The van der Waals surface area contributed by atoms with Gasteiger partial charge in [-0.25, -0.2) is 0 Å². The van der Waals surface area contributed by atoms with Crippen molar-refractivity contribution < 1.29 is 9.59 Å². The Morgan fingerprint density at radius 3 is 2.22 bits per heavy atom. The summed E-state index contributed by atoms with van der Waals surface area (Å²) in [6.45, 7) is 3.79. The molecule has 7 heteroatoms. The number of hydrogen-bond donors (Lipinski definition) is 2. The zero-order chi connectivity index (χ0) is 19.6. The molecule has 5 nitrogen and oxygen atoms in total. The SMILES string of the molecule is Cc1cc(C(=O)NNC(=O)c2cc(Br)ccc2Cl)c(C)n1-c1ccccc1. The van der Waals surface area contributed by atoms with Gasteiger partial charge < -0.3 is 4.57 Å². The van der Waals surface area contributed by atoms with E-state index in [2.05, 4.69) is 26.8 Å². The smallest absolute Gasteiger partial charge is 0.271 e. The summed E-state index contributed by atoms with van der Waals surface area (Å²) >= 11 is 9.34. The monoisotopic (exact) mass is 445 g/mol. The molecule has 138 valence electrons. The van der Waals surface area contributed by atoms with Gasteiger partial charge in [-0.05, 0) is 50.2 Å². The van der Waals surface area contributed by atoms with Crippen LogP contribution in [0.25, 0.3) is 5.69 Å². The maximum Gasteiger partial charge on any atom is 0.271 e.